The Kier molecular flexibility index (Phi) is 5.37. The van der Waals surface area contributed by atoms with Crippen LogP contribution in [0.1, 0.15) is 23.6 Å². The number of rotatable bonds is 5. The lowest BCUT2D eigenvalue weighted by Crippen LogP contribution is -2.14. The van der Waals surface area contributed by atoms with E-state index in [9.17, 15) is 4.39 Å². The van der Waals surface area contributed by atoms with Crippen LogP contribution < -0.4 is 5.32 Å². The summed E-state index contributed by atoms with van der Waals surface area (Å²) >= 11 is 0. The maximum atomic E-state index is 13.5. The van der Waals surface area contributed by atoms with E-state index in [0.717, 1.165) is 40.3 Å². The van der Waals surface area contributed by atoms with Gasteiger partial charge in [-0.3, -0.25) is 0 Å². The van der Waals surface area contributed by atoms with E-state index in [-0.39, 0.29) is 5.82 Å². The van der Waals surface area contributed by atoms with Gasteiger partial charge >= 0.3 is 0 Å². The maximum Gasteiger partial charge on any atom is 0.125 e. The third-order valence-electron chi connectivity index (χ3n) is 3.76. The highest BCUT2D eigenvalue weighted by atomic mass is 19.1. The van der Waals surface area contributed by atoms with Crippen molar-refractivity contribution in [1.29, 1.82) is 0 Å². The molecule has 0 bridgehead atoms. The molecule has 0 aromatic heterocycles. The van der Waals surface area contributed by atoms with Crippen LogP contribution in [0.15, 0.2) is 35.3 Å². The highest BCUT2D eigenvalue weighted by Gasteiger charge is 2.06. The van der Waals surface area contributed by atoms with Crippen molar-refractivity contribution in [3.63, 3.8) is 0 Å². The topological polar surface area (TPSA) is 27.6 Å². The second-order valence-corrected chi connectivity index (χ2v) is 5.91. The van der Waals surface area contributed by atoms with E-state index in [1.165, 1.54) is 12.1 Å². The summed E-state index contributed by atoms with van der Waals surface area (Å²) in [7, 11) is 1.99. The van der Waals surface area contributed by atoms with Gasteiger partial charge in [0.2, 0.25) is 0 Å². The van der Waals surface area contributed by atoms with E-state index in [4.69, 9.17) is 0 Å². The molecule has 3 nitrogen and oxygen atoms in total. The molecule has 2 rings (SSSR count). The SMILES string of the molecule is CCN(C)/C=N/c1cc(C)c(Nc2cc(C)cc(F)c2)cc1C. The zero-order chi connectivity index (χ0) is 17.0. The molecular formula is C19H24FN3. The van der Waals surface area contributed by atoms with Gasteiger partial charge in [0, 0.05) is 25.0 Å². The highest BCUT2D eigenvalue weighted by molar-refractivity contribution is 5.70. The van der Waals surface area contributed by atoms with E-state index in [2.05, 4.69) is 17.2 Å². The summed E-state index contributed by atoms with van der Waals surface area (Å²) in [6.45, 7) is 8.93. The minimum atomic E-state index is -0.231. The van der Waals surface area contributed by atoms with Crippen molar-refractivity contribution in [3.05, 3.63) is 52.8 Å². The molecule has 23 heavy (non-hydrogen) atoms. The highest BCUT2D eigenvalue weighted by Crippen LogP contribution is 2.29. The third kappa shape index (κ3) is 4.55. The molecule has 0 aliphatic heterocycles. The summed E-state index contributed by atoms with van der Waals surface area (Å²) in [6, 6.07) is 9.05. The van der Waals surface area contributed by atoms with Gasteiger partial charge in [-0.05, 0) is 74.7 Å². The first kappa shape index (κ1) is 17.0. The molecule has 2 aromatic carbocycles. The molecular weight excluding hydrogens is 289 g/mol. The Morgan fingerprint density at radius 3 is 2.48 bits per heavy atom. The monoisotopic (exact) mass is 313 g/mol. The summed E-state index contributed by atoms with van der Waals surface area (Å²) in [5.74, 6) is -0.231. The van der Waals surface area contributed by atoms with Crippen molar-refractivity contribution < 1.29 is 4.39 Å². The minimum absolute atomic E-state index is 0.231. The molecule has 2 aromatic rings. The molecule has 0 spiro atoms. The van der Waals surface area contributed by atoms with Gasteiger partial charge in [0.1, 0.15) is 5.82 Å². The number of hydrogen-bond donors (Lipinski definition) is 1. The predicted molar refractivity (Wildman–Crippen MR) is 96.8 cm³/mol. The van der Waals surface area contributed by atoms with Crippen LogP contribution in [0.2, 0.25) is 0 Å². The van der Waals surface area contributed by atoms with Crippen LogP contribution in [0.4, 0.5) is 21.5 Å². The van der Waals surface area contributed by atoms with Gasteiger partial charge in [-0.2, -0.15) is 0 Å². The molecule has 0 saturated carbocycles. The molecule has 0 radical (unpaired) electrons. The molecule has 0 heterocycles. The molecule has 0 saturated heterocycles. The smallest absolute Gasteiger partial charge is 0.125 e. The van der Waals surface area contributed by atoms with Crippen LogP contribution in [-0.2, 0) is 0 Å². The van der Waals surface area contributed by atoms with E-state index < -0.39 is 0 Å². The molecule has 0 aliphatic rings. The van der Waals surface area contributed by atoms with Gasteiger partial charge in [-0.1, -0.05) is 0 Å². The van der Waals surface area contributed by atoms with E-state index in [1.807, 2.05) is 57.3 Å². The number of nitrogens with zero attached hydrogens (tertiary/aromatic N) is 2. The average Bonchev–Trinajstić information content (AvgIpc) is 2.47. The van der Waals surface area contributed by atoms with Gasteiger partial charge in [0.05, 0.1) is 12.0 Å². The number of aryl methyl sites for hydroxylation is 3. The standard InChI is InChI=1S/C19H24FN3/c1-6-23(5)12-21-18-9-15(4)19(10-14(18)3)22-17-8-13(2)7-16(20)11-17/h7-12,22H,6H2,1-5H3/b21-12+. The number of halogens is 1. The van der Waals surface area contributed by atoms with Crippen LogP contribution in [0.5, 0.6) is 0 Å². The summed E-state index contributed by atoms with van der Waals surface area (Å²) in [5.41, 5.74) is 5.72. The number of anilines is 2. The minimum Gasteiger partial charge on any atom is -0.366 e. The maximum absolute atomic E-state index is 13.5. The molecule has 4 heteroatoms. The van der Waals surface area contributed by atoms with Crippen LogP contribution in [0.25, 0.3) is 0 Å². The fourth-order valence-electron chi connectivity index (χ4n) is 2.28. The average molecular weight is 313 g/mol. The Hall–Kier alpha value is -2.36. The Morgan fingerprint density at radius 2 is 1.83 bits per heavy atom. The van der Waals surface area contributed by atoms with E-state index in [1.54, 1.807) is 0 Å². The second-order valence-electron chi connectivity index (χ2n) is 5.91. The lowest BCUT2D eigenvalue weighted by Gasteiger charge is -2.14. The van der Waals surface area contributed by atoms with Gasteiger partial charge in [-0.15, -0.1) is 0 Å². The van der Waals surface area contributed by atoms with Crippen molar-refractivity contribution in [1.82, 2.24) is 4.90 Å². The lowest BCUT2D eigenvalue weighted by atomic mass is 10.1. The first-order valence-corrected chi connectivity index (χ1v) is 7.79. The van der Waals surface area contributed by atoms with Crippen molar-refractivity contribution in [3.8, 4) is 0 Å². The first-order valence-electron chi connectivity index (χ1n) is 7.79. The van der Waals surface area contributed by atoms with E-state index >= 15 is 0 Å². The van der Waals surface area contributed by atoms with Gasteiger partial charge in [0.25, 0.3) is 0 Å². The molecule has 0 atom stereocenters. The number of nitrogens with one attached hydrogen (secondary N) is 1. The van der Waals surface area contributed by atoms with Crippen LogP contribution in [-0.4, -0.2) is 24.8 Å². The third-order valence-corrected chi connectivity index (χ3v) is 3.76. The fraction of sp³-hybridized carbons (Fsp3) is 0.316. The number of aliphatic imine (C=N–C) groups is 1. The Morgan fingerprint density at radius 1 is 1.09 bits per heavy atom. The Labute approximate surface area is 137 Å². The van der Waals surface area contributed by atoms with E-state index in [0.29, 0.717) is 0 Å². The summed E-state index contributed by atoms with van der Waals surface area (Å²) in [5, 5.41) is 3.30. The normalized spacial score (nSPS) is 11.0. The summed E-state index contributed by atoms with van der Waals surface area (Å²) in [4.78, 5) is 6.55. The molecule has 122 valence electrons. The molecule has 1 N–H and O–H groups in total. The first-order chi connectivity index (χ1) is 10.9. The zero-order valence-electron chi connectivity index (χ0n) is 14.4. The summed E-state index contributed by atoms with van der Waals surface area (Å²) in [6.07, 6.45) is 1.84. The lowest BCUT2D eigenvalue weighted by molar-refractivity contribution is 0.552. The number of benzene rings is 2. The molecule has 0 unspecified atom stereocenters. The van der Waals surface area contributed by atoms with Crippen molar-refractivity contribution in [2.24, 2.45) is 4.99 Å². The van der Waals surface area contributed by atoms with Gasteiger partial charge in [-0.25, -0.2) is 9.38 Å². The van der Waals surface area contributed by atoms with Crippen molar-refractivity contribution in [2.75, 3.05) is 18.9 Å². The quantitative estimate of drug-likeness (QED) is 0.614. The van der Waals surface area contributed by atoms with Gasteiger partial charge in [0.15, 0.2) is 0 Å². The van der Waals surface area contributed by atoms with Gasteiger partial charge < -0.3 is 10.2 Å². The summed E-state index contributed by atoms with van der Waals surface area (Å²) < 4.78 is 13.5. The van der Waals surface area contributed by atoms with Crippen molar-refractivity contribution >= 4 is 23.4 Å². The fourth-order valence-corrected chi connectivity index (χ4v) is 2.28. The predicted octanol–water partition coefficient (Wildman–Crippen LogP) is 5.11. The molecule has 0 aliphatic carbocycles. The Balaban J connectivity index is 2.27. The number of hydrogen-bond acceptors (Lipinski definition) is 2. The second kappa shape index (κ2) is 7.27. The van der Waals surface area contributed by atoms with Crippen molar-refractivity contribution in [2.45, 2.75) is 27.7 Å². The largest absolute Gasteiger partial charge is 0.366 e. The zero-order valence-corrected chi connectivity index (χ0v) is 14.4. The Bertz CT molecular complexity index is 703. The van der Waals surface area contributed by atoms with Crippen LogP contribution in [0.3, 0.4) is 0 Å². The molecule has 0 fully saturated rings. The van der Waals surface area contributed by atoms with Crippen LogP contribution >= 0.6 is 0 Å². The van der Waals surface area contributed by atoms with Crippen LogP contribution in [0, 0.1) is 26.6 Å². The molecule has 0 amide bonds.